The molecule has 0 saturated heterocycles. The SMILES string of the molecule is O=c1c2c(c3cccnc3n1Cc1ccccc1)CCN(Cc1ccccc1Br)C2. The van der Waals surface area contributed by atoms with E-state index >= 15 is 0 Å². The van der Waals surface area contributed by atoms with Gasteiger partial charge in [0.2, 0.25) is 0 Å². The van der Waals surface area contributed by atoms with E-state index < -0.39 is 0 Å². The fourth-order valence-electron chi connectivity index (χ4n) is 4.33. The molecule has 5 rings (SSSR count). The first-order valence-electron chi connectivity index (χ1n) is 10.2. The number of hydrogen-bond acceptors (Lipinski definition) is 3. The highest BCUT2D eigenvalue weighted by atomic mass is 79.9. The number of hydrogen-bond donors (Lipinski definition) is 0. The monoisotopic (exact) mass is 459 g/mol. The van der Waals surface area contributed by atoms with E-state index in [0.717, 1.165) is 51.7 Å². The van der Waals surface area contributed by atoms with Gasteiger partial charge in [0.05, 0.1) is 6.54 Å². The predicted octanol–water partition coefficient (Wildman–Crippen LogP) is 4.77. The summed E-state index contributed by atoms with van der Waals surface area (Å²) < 4.78 is 2.95. The van der Waals surface area contributed by atoms with Gasteiger partial charge in [0.25, 0.3) is 5.56 Å². The van der Waals surface area contributed by atoms with Gasteiger partial charge in [0, 0.05) is 41.3 Å². The highest BCUT2D eigenvalue weighted by molar-refractivity contribution is 9.10. The van der Waals surface area contributed by atoms with Crippen LogP contribution in [0.15, 0.2) is 82.2 Å². The zero-order valence-corrected chi connectivity index (χ0v) is 18.2. The molecular weight excluding hydrogens is 438 g/mol. The lowest BCUT2D eigenvalue weighted by Crippen LogP contribution is -2.37. The van der Waals surface area contributed by atoms with Gasteiger partial charge in [0.1, 0.15) is 5.65 Å². The average Bonchev–Trinajstić information content (AvgIpc) is 2.79. The van der Waals surface area contributed by atoms with E-state index in [2.05, 4.69) is 62.2 Å². The van der Waals surface area contributed by atoms with Gasteiger partial charge >= 0.3 is 0 Å². The van der Waals surface area contributed by atoms with Gasteiger partial charge in [-0.15, -0.1) is 0 Å². The summed E-state index contributed by atoms with van der Waals surface area (Å²) in [7, 11) is 0. The van der Waals surface area contributed by atoms with E-state index in [1.165, 1.54) is 5.56 Å². The average molecular weight is 460 g/mol. The Bertz CT molecular complexity index is 1270. The summed E-state index contributed by atoms with van der Waals surface area (Å²) in [4.78, 5) is 20.5. The zero-order chi connectivity index (χ0) is 20.5. The van der Waals surface area contributed by atoms with Gasteiger partial charge in [0.15, 0.2) is 0 Å². The van der Waals surface area contributed by atoms with E-state index in [0.29, 0.717) is 13.1 Å². The number of pyridine rings is 2. The van der Waals surface area contributed by atoms with Crippen LogP contribution in [0, 0.1) is 0 Å². The molecule has 30 heavy (non-hydrogen) atoms. The van der Waals surface area contributed by atoms with E-state index in [-0.39, 0.29) is 5.56 Å². The summed E-state index contributed by atoms with van der Waals surface area (Å²) in [5, 5.41) is 1.10. The van der Waals surface area contributed by atoms with Crippen LogP contribution in [-0.4, -0.2) is 21.0 Å². The fourth-order valence-corrected chi connectivity index (χ4v) is 4.74. The molecule has 2 aromatic heterocycles. The number of aromatic nitrogens is 2. The molecule has 0 aliphatic carbocycles. The Kier molecular flexibility index (Phi) is 5.23. The van der Waals surface area contributed by atoms with Crippen molar-refractivity contribution in [1.29, 1.82) is 0 Å². The normalized spacial score (nSPS) is 14.0. The van der Waals surface area contributed by atoms with Crippen LogP contribution < -0.4 is 5.56 Å². The minimum absolute atomic E-state index is 0.0804. The Morgan fingerprint density at radius 2 is 1.70 bits per heavy atom. The standard InChI is InChI=1S/C25H22BrN3O/c26-23-11-5-4-9-19(23)16-28-14-12-20-21-10-6-13-27-24(21)29(25(30)22(20)17-28)15-18-7-2-1-3-8-18/h1-11,13H,12,14-17H2. The van der Waals surface area contributed by atoms with E-state index in [9.17, 15) is 4.79 Å². The van der Waals surface area contributed by atoms with Crippen molar-refractivity contribution >= 4 is 27.0 Å². The Hall–Kier alpha value is -2.76. The van der Waals surface area contributed by atoms with Crippen LogP contribution in [0.4, 0.5) is 0 Å². The Balaban J connectivity index is 1.56. The van der Waals surface area contributed by atoms with Gasteiger partial charge in [-0.1, -0.05) is 64.5 Å². The lowest BCUT2D eigenvalue weighted by Gasteiger charge is -2.30. The first-order valence-corrected chi connectivity index (χ1v) is 11.0. The maximum Gasteiger partial charge on any atom is 0.257 e. The molecule has 0 radical (unpaired) electrons. The summed E-state index contributed by atoms with van der Waals surface area (Å²) in [6.45, 7) is 2.95. The first kappa shape index (κ1) is 19.2. The number of fused-ring (bicyclic) bond motifs is 3. The van der Waals surface area contributed by atoms with Crippen molar-refractivity contribution in [3.63, 3.8) is 0 Å². The molecule has 0 amide bonds. The topological polar surface area (TPSA) is 38.1 Å². The molecule has 0 spiro atoms. The third kappa shape index (κ3) is 3.59. The van der Waals surface area contributed by atoms with Crippen LogP contribution >= 0.6 is 15.9 Å². The molecule has 2 aromatic carbocycles. The smallest absolute Gasteiger partial charge is 0.257 e. The number of halogens is 1. The summed E-state index contributed by atoms with van der Waals surface area (Å²) in [5.74, 6) is 0. The van der Waals surface area contributed by atoms with Gasteiger partial charge < -0.3 is 0 Å². The van der Waals surface area contributed by atoms with Crippen LogP contribution in [0.1, 0.15) is 22.3 Å². The van der Waals surface area contributed by atoms with Crippen LogP contribution in [0.25, 0.3) is 11.0 Å². The van der Waals surface area contributed by atoms with Crippen molar-refractivity contribution in [2.24, 2.45) is 0 Å². The van der Waals surface area contributed by atoms with Crippen molar-refractivity contribution < 1.29 is 0 Å². The quantitative estimate of drug-likeness (QED) is 0.441. The molecule has 1 aliphatic rings. The fraction of sp³-hybridized carbons (Fsp3) is 0.200. The number of benzene rings is 2. The summed E-state index contributed by atoms with van der Waals surface area (Å²) in [6.07, 6.45) is 2.64. The molecule has 4 aromatic rings. The minimum Gasteiger partial charge on any atom is -0.294 e. The second kappa shape index (κ2) is 8.17. The van der Waals surface area contributed by atoms with Gasteiger partial charge in [-0.3, -0.25) is 14.3 Å². The molecule has 0 N–H and O–H groups in total. The van der Waals surface area contributed by atoms with Crippen LogP contribution in [0.5, 0.6) is 0 Å². The lowest BCUT2D eigenvalue weighted by atomic mass is 9.97. The van der Waals surface area contributed by atoms with Crippen molar-refractivity contribution in [2.45, 2.75) is 26.1 Å². The molecule has 150 valence electrons. The summed E-state index contributed by atoms with van der Waals surface area (Å²) >= 11 is 3.65. The van der Waals surface area contributed by atoms with Gasteiger partial charge in [-0.2, -0.15) is 0 Å². The summed E-state index contributed by atoms with van der Waals surface area (Å²) in [5.41, 5.74) is 5.28. The maximum atomic E-state index is 13.6. The molecule has 1 aliphatic heterocycles. The first-order chi connectivity index (χ1) is 14.7. The Morgan fingerprint density at radius 3 is 2.53 bits per heavy atom. The van der Waals surface area contributed by atoms with E-state index in [1.54, 1.807) is 6.20 Å². The zero-order valence-electron chi connectivity index (χ0n) is 16.6. The molecular formula is C25H22BrN3O. The van der Waals surface area contributed by atoms with Crippen molar-refractivity contribution in [1.82, 2.24) is 14.5 Å². The third-order valence-corrected chi connectivity index (χ3v) is 6.60. The van der Waals surface area contributed by atoms with Crippen LogP contribution in [-0.2, 0) is 26.1 Å². The van der Waals surface area contributed by atoms with Crippen LogP contribution in [0.2, 0.25) is 0 Å². The molecule has 0 bridgehead atoms. The number of nitrogens with zero attached hydrogens (tertiary/aromatic N) is 3. The van der Waals surface area contributed by atoms with E-state index in [4.69, 9.17) is 0 Å². The van der Waals surface area contributed by atoms with Gasteiger partial charge in [-0.05, 0) is 41.3 Å². The molecule has 3 heterocycles. The molecule has 0 atom stereocenters. The highest BCUT2D eigenvalue weighted by Crippen LogP contribution is 2.26. The Labute approximate surface area is 183 Å². The molecule has 0 saturated carbocycles. The van der Waals surface area contributed by atoms with Crippen molar-refractivity contribution in [3.8, 4) is 0 Å². The second-order valence-electron chi connectivity index (χ2n) is 7.76. The molecule has 5 heteroatoms. The lowest BCUT2D eigenvalue weighted by molar-refractivity contribution is 0.244. The third-order valence-electron chi connectivity index (χ3n) is 5.83. The largest absolute Gasteiger partial charge is 0.294 e. The number of rotatable bonds is 4. The molecule has 0 fully saturated rings. The summed E-state index contributed by atoms with van der Waals surface area (Å²) in [6, 6.07) is 22.5. The second-order valence-corrected chi connectivity index (χ2v) is 8.61. The Morgan fingerprint density at radius 1 is 0.900 bits per heavy atom. The molecule has 4 nitrogen and oxygen atoms in total. The van der Waals surface area contributed by atoms with Gasteiger partial charge in [-0.25, -0.2) is 4.98 Å². The minimum atomic E-state index is 0.0804. The van der Waals surface area contributed by atoms with Crippen LogP contribution in [0.3, 0.4) is 0 Å². The molecule has 0 unspecified atom stereocenters. The van der Waals surface area contributed by atoms with Crippen molar-refractivity contribution in [2.75, 3.05) is 6.54 Å². The maximum absolute atomic E-state index is 13.6. The van der Waals surface area contributed by atoms with E-state index in [1.807, 2.05) is 34.9 Å². The highest BCUT2D eigenvalue weighted by Gasteiger charge is 2.24. The predicted molar refractivity (Wildman–Crippen MR) is 124 cm³/mol. The van der Waals surface area contributed by atoms with Crippen molar-refractivity contribution in [3.05, 3.63) is 110 Å².